The molecule has 0 amide bonds. The second kappa shape index (κ2) is 14.7. The molecular weight excluding hydrogens is 721 g/mol. The van der Waals surface area contributed by atoms with E-state index in [2.05, 4.69) is 178 Å². The maximum atomic E-state index is 11.7. The number of aryl methyl sites for hydroxylation is 1. The van der Waals surface area contributed by atoms with Crippen LogP contribution in [0.15, 0.2) is 109 Å². The van der Waals surface area contributed by atoms with E-state index in [-0.39, 0.29) is 27.4 Å². The summed E-state index contributed by atoms with van der Waals surface area (Å²) in [5.41, 5.74) is 15.5. The first-order valence-electron chi connectivity index (χ1n) is 20.6. The van der Waals surface area contributed by atoms with Gasteiger partial charge < -0.3 is 5.11 Å². The molecule has 0 unspecified atom stereocenters. The van der Waals surface area contributed by atoms with Gasteiger partial charge in [-0.25, -0.2) is 9.83 Å². The van der Waals surface area contributed by atoms with Gasteiger partial charge in [0.1, 0.15) is 11.6 Å². The van der Waals surface area contributed by atoms with Crippen molar-refractivity contribution in [3.05, 3.63) is 149 Å². The van der Waals surface area contributed by atoms with Crippen molar-refractivity contribution in [1.82, 2.24) is 14.5 Å². The molecule has 5 nitrogen and oxygen atoms in total. The molecular formula is C54H58N4O. The van der Waals surface area contributed by atoms with Gasteiger partial charge in [-0.05, 0) is 122 Å². The molecule has 7 rings (SSSR count). The highest BCUT2D eigenvalue weighted by Crippen LogP contribution is 2.44. The van der Waals surface area contributed by atoms with Crippen molar-refractivity contribution in [2.24, 2.45) is 0 Å². The molecule has 0 saturated carbocycles. The van der Waals surface area contributed by atoms with Crippen LogP contribution in [0.1, 0.15) is 111 Å². The third-order valence-electron chi connectivity index (χ3n) is 11.4. The average molecular weight is 779 g/mol. The quantitative estimate of drug-likeness (QED) is 0.177. The van der Waals surface area contributed by atoms with Gasteiger partial charge in [0, 0.05) is 23.0 Å². The Balaban J connectivity index is 1.66. The lowest BCUT2D eigenvalue weighted by atomic mass is 9.78. The first kappa shape index (κ1) is 41.2. The van der Waals surface area contributed by atoms with Gasteiger partial charge >= 0.3 is 0 Å². The fraction of sp³-hybridized carbons (Fsp3) is 0.315. The molecule has 1 N–H and O–H groups in total. The predicted octanol–water partition coefficient (Wildman–Crippen LogP) is 14.8. The second-order valence-electron chi connectivity index (χ2n) is 20.3. The fourth-order valence-corrected chi connectivity index (χ4v) is 7.59. The Kier molecular flexibility index (Phi) is 10.2. The Hall–Kier alpha value is -5.99. The van der Waals surface area contributed by atoms with Crippen LogP contribution in [0.4, 0.5) is 5.69 Å². The summed E-state index contributed by atoms with van der Waals surface area (Å²) in [6.07, 6.45) is 1.86. The minimum Gasteiger partial charge on any atom is -0.509 e. The maximum absolute atomic E-state index is 11.7. The standard InChI is InChI=1S/C54H58N4O/c1-33-20-21-56-46(22-33)35-17-15-16-34(23-35)45-26-37(36-24-38(51(2,3)4)28-39(25-36)52(5,6)7)27-47-49(45)57-50(44-19-18-42(55-14)32-48(44)59)58(47)43-30-40(53(8,9)10)29-41(31-43)54(11,12)13/h15-32,59H,1-13H3. The van der Waals surface area contributed by atoms with Crippen molar-refractivity contribution in [3.63, 3.8) is 0 Å². The van der Waals surface area contributed by atoms with Gasteiger partial charge in [-0.1, -0.05) is 138 Å². The molecule has 0 spiro atoms. The minimum atomic E-state index is -0.136. The summed E-state index contributed by atoms with van der Waals surface area (Å²) in [6.45, 7) is 36.9. The molecule has 5 aromatic carbocycles. The zero-order valence-corrected chi connectivity index (χ0v) is 37.1. The molecule has 2 aromatic heterocycles. The molecule has 300 valence electrons. The number of imidazole rings is 1. The number of aromatic hydroxyl groups is 1. The highest BCUT2D eigenvalue weighted by molar-refractivity contribution is 6.00. The fourth-order valence-electron chi connectivity index (χ4n) is 7.59. The van der Waals surface area contributed by atoms with Gasteiger partial charge in [-0.3, -0.25) is 9.55 Å². The monoisotopic (exact) mass is 778 g/mol. The van der Waals surface area contributed by atoms with E-state index in [0.29, 0.717) is 17.1 Å². The number of fused-ring (bicyclic) bond motifs is 1. The highest BCUT2D eigenvalue weighted by Gasteiger charge is 2.27. The number of nitrogens with zero attached hydrogens (tertiary/aromatic N) is 4. The van der Waals surface area contributed by atoms with Gasteiger partial charge in [0.15, 0.2) is 5.69 Å². The lowest BCUT2D eigenvalue weighted by Gasteiger charge is -2.27. The second-order valence-corrected chi connectivity index (χ2v) is 20.3. The first-order valence-corrected chi connectivity index (χ1v) is 20.6. The van der Waals surface area contributed by atoms with Crippen LogP contribution >= 0.6 is 0 Å². The van der Waals surface area contributed by atoms with Crippen molar-refractivity contribution in [2.75, 3.05) is 0 Å². The molecule has 7 aromatic rings. The summed E-state index contributed by atoms with van der Waals surface area (Å²) in [7, 11) is 0. The van der Waals surface area contributed by atoms with Crippen LogP contribution < -0.4 is 0 Å². The predicted molar refractivity (Wildman–Crippen MR) is 248 cm³/mol. The molecule has 59 heavy (non-hydrogen) atoms. The van der Waals surface area contributed by atoms with Crippen molar-refractivity contribution >= 4 is 16.7 Å². The van der Waals surface area contributed by atoms with E-state index >= 15 is 0 Å². The lowest BCUT2D eigenvalue weighted by molar-refractivity contribution is 0.477. The Morgan fingerprint density at radius 3 is 1.66 bits per heavy atom. The van der Waals surface area contributed by atoms with Gasteiger partial charge in [0.05, 0.1) is 28.9 Å². The van der Waals surface area contributed by atoms with Gasteiger partial charge in [0.25, 0.3) is 0 Å². The molecule has 0 radical (unpaired) electrons. The number of benzene rings is 5. The Morgan fingerprint density at radius 2 is 1.12 bits per heavy atom. The topological polar surface area (TPSA) is 55.3 Å². The van der Waals surface area contributed by atoms with Gasteiger partial charge in [-0.15, -0.1) is 0 Å². The van der Waals surface area contributed by atoms with Crippen LogP contribution in [0, 0.1) is 13.5 Å². The molecule has 5 heteroatoms. The van der Waals surface area contributed by atoms with Crippen LogP contribution in [0.25, 0.3) is 66.5 Å². The minimum absolute atomic E-state index is 0.0140. The molecule has 0 aliphatic rings. The van der Waals surface area contributed by atoms with E-state index in [1.54, 1.807) is 6.07 Å². The van der Waals surface area contributed by atoms with E-state index in [0.717, 1.165) is 55.8 Å². The molecule has 0 saturated heterocycles. The summed E-state index contributed by atoms with van der Waals surface area (Å²) in [5, 5.41) is 11.7. The summed E-state index contributed by atoms with van der Waals surface area (Å²) in [6, 6.07) is 36.4. The third-order valence-corrected chi connectivity index (χ3v) is 11.4. The summed E-state index contributed by atoms with van der Waals surface area (Å²) in [4.78, 5) is 13.9. The first-order chi connectivity index (χ1) is 27.5. The normalized spacial score (nSPS) is 12.5. The summed E-state index contributed by atoms with van der Waals surface area (Å²) < 4.78 is 2.23. The van der Waals surface area contributed by atoms with Crippen LogP contribution in [-0.2, 0) is 21.7 Å². The number of hydrogen-bond donors (Lipinski definition) is 1. The number of aromatic nitrogens is 3. The molecule has 0 bridgehead atoms. The average Bonchev–Trinajstić information content (AvgIpc) is 3.55. The Labute approximate surface area is 351 Å². The van der Waals surface area contributed by atoms with Crippen LogP contribution in [0.2, 0.25) is 0 Å². The van der Waals surface area contributed by atoms with Crippen molar-refractivity contribution in [2.45, 2.75) is 112 Å². The zero-order chi connectivity index (χ0) is 42.8. The van der Waals surface area contributed by atoms with Gasteiger partial charge in [-0.2, -0.15) is 0 Å². The third kappa shape index (κ3) is 8.32. The van der Waals surface area contributed by atoms with Crippen molar-refractivity contribution < 1.29 is 5.11 Å². The van der Waals surface area contributed by atoms with E-state index in [1.807, 2.05) is 18.3 Å². The number of phenolic OH excluding ortho intramolecular Hbond substituents is 1. The van der Waals surface area contributed by atoms with E-state index in [9.17, 15) is 5.11 Å². The summed E-state index contributed by atoms with van der Waals surface area (Å²) in [5.74, 6) is 0.619. The lowest BCUT2D eigenvalue weighted by Crippen LogP contribution is -2.17. The highest BCUT2D eigenvalue weighted by atomic mass is 16.3. The van der Waals surface area contributed by atoms with E-state index in [1.165, 1.54) is 28.3 Å². The summed E-state index contributed by atoms with van der Waals surface area (Å²) >= 11 is 0. The van der Waals surface area contributed by atoms with E-state index < -0.39 is 0 Å². The molecule has 0 aliphatic heterocycles. The Morgan fingerprint density at radius 1 is 0.559 bits per heavy atom. The smallest absolute Gasteiger partial charge is 0.190 e. The number of rotatable bonds is 5. The van der Waals surface area contributed by atoms with Crippen LogP contribution in [0.5, 0.6) is 5.75 Å². The molecule has 0 aliphatic carbocycles. The molecule has 0 fully saturated rings. The molecule has 2 heterocycles. The number of pyridine rings is 1. The Bertz CT molecular complexity index is 2720. The zero-order valence-electron chi connectivity index (χ0n) is 37.1. The van der Waals surface area contributed by atoms with Crippen LogP contribution in [0.3, 0.4) is 0 Å². The van der Waals surface area contributed by atoms with Crippen molar-refractivity contribution in [1.29, 1.82) is 0 Å². The SMILES string of the molecule is [C-]#[N+]c1ccc(-c2nc3c(-c4cccc(-c5cc(C)ccn5)c4)cc(-c4cc(C(C)(C)C)cc(C(C)(C)C)c4)cc3n2-c2cc(C(C)(C)C)cc(C(C)(C)C)c2)c(O)c1. The van der Waals surface area contributed by atoms with Crippen molar-refractivity contribution in [3.8, 4) is 56.3 Å². The maximum Gasteiger partial charge on any atom is 0.190 e. The number of hydrogen-bond acceptors (Lipinski definition) is 3. The van der Waals surface area contributed by atoms with Gasteiger partial charge in [0.2, 0.25) is 0 Å². The molecule has 0 atom stereocenters. The largest absolute Gasteiger partial charge is 0.509 e. The number of phenols is 1. The van der Waals surface area contributed by atoms with Crippen LogP contribution in [-0.4, -0.2) is 19.6 Å². The van der Waals surface area contributed by atoms with E-state index in [4.69, 9.17) is 16.5 Å².